The Morgan fingerprint density at radius 3 is 2.62 bits per heavy atom. The maximum atomic E-state index is 12.4. The number of carbonyl (C=O) groups is 1. The lowest BCUT2D eigenvalue weighted by atomic mass is 10.1. The Morgan fingerprint density at radius 2 is 1.92 bits per heavy atom. The number of nitrogens with one attached hydrogen (secondary N) is 1. The lowest BCUT2D eigenvalue weighted by Crippen LogP contribution is -2.39. The molecule has 3 nitrogen and oxygen atoms in total. The molecule has 2 aromatic carbocycles. The molecule has 26 heavy (non-hydrogen) atoms. The van der Waals surface area contributed by atoms with Gasteiger partial charge in [-0.05, 0) is 55.2 Å². The summed E-state index contributed by atoms with van der Waals surface area (Å²) >= 11 is 7.67. The van der Waals surface area contributed by atoms with E-state index in [9.17, 15) is 4.79 Å². The molecule has 0 aliphatic heterocycles. The molecule has 0 aliphatic carbocycles. The van der Waals surface area contributed by atoms with E-state index in [0.717, 1.165) is 33.4 Å². The number of amides is 1. The van der Waals surface area contributed by atoms with Gasteiger partial charge in [0.25, 0.3) is 5.91 Å². The van der Waals surface area contributed by atoms with Gasteiger partial charge in [-0.2, -0.15) is 11.8 Å². The van der Waals surface area contributed by atoms with Crippen molar-refractivity contribution in [3.63, 3.8) is 0 Å². The Kier molecular flexibility index (Phi) is 8.33. The van der Waals surface area contributed by atoms with E-state index in [1.807, 2.05) is 63.2 Å². The van der Waals surface area contributed by atoms with Gasteiger partial charge in [0.1, 0.15) is 5.75 Å². The van der Waals surface area contributed by atoms with Crippen LogP contribution in [0.15, 0.2) is 42.5 Å². The Hall–Kier alpha value is -1.65. The lowest BCUT2D eigenvalue weighted by molar-refractivity contribution is -0.128. The summed E-state index contributed by atoms with van der Waals surface area (Å²) in [6.45, 7) is 6.60. The molecule has 0 fully saturated rings. The van der Waals surface area contributed by atoms with E-state index in [1.165, 1.54) is 5.56 Å². The second kappa shape index (κ2) is 10.5. The van der Waals surface area contributed by atoms with Crippen LogP contribution in [0.4, 0.5) is 0 Å². The molecule has 5 heteroatoms. The molecule has 0 aliphatic rings. The van der Waals surface area contributed by atoms with Crippen molar-refractivity contribution in [3.8, 4) is 5.75 Å². The number of hydrogen-bond donors (Lipinski definition) is 1. The van der Waals surface area contributed by atoms with Crippen LogP contribution in [0.1, 0.15) is 30.0 Å². The number of aryl methyl sites for hydroxylation is 2. The van der Waals surface area contributed by atoms with E-state index in [-0.39, 0.29) is 5.91 Å². The molecular weight excluding hydrogens is 366 g/mol. The van der Waals surface area contributed by atoms with Crippen LogP contribution in [0.25, 0.3) is 0 Å². The number of rotatable bonds is 9. The fraction of sp³-hybridized carbons (Fsp3) is 0.381. The van der Waals surface area contributed by atoms with E-state index in [0.29, 0.717) is 13.0 Å². The number of thioether (sulfide) groups is 1. The average Bonchev–Trinajstić information content (AvgIpc) is 2.63. The number of hydrogen-bond acceptors (Lipinski definition) is 3. The standard InChI is InChI=1S/C21H26ClNO2S/c1-4-19(25-20-13-15(2)5-6-16(20)3)21(24)23-11-12-26-14-17-7-9-18(22)10-8-17/h5-10,13,19H,4,11-12,14H2,1-3H3,(H,23,24). The lowest BCUT2D eigenvalue weighted by Gasteiger charge is -2.19. The first kappa shape index (κ1) is 20.7. The molecule has 2 aromatic rings. The molecule has 1 amide bonds. The molecule has 1 unspecified atom stereocenters. The minimum absolute atomic E-state index is 0.0551. The molecule has 0 bridgehead atoms. The van der Waals surface area contributed by atoms with Gasteiger partial charge in [-0.3, -0.25) is 4.79 Å². The van der Waals surface area contributed by atoms with Crippen molar-refractivity contribution in [1.29, 1.82) is 0 Å². The average molecular weight is 392 g/mol. The van der Waals surface area contributed by atoms with Gasteiger partial charge in [0.15, 0.2) is 6.10 Å². The Balaban J connectivity index is 1.74. The van der Waals surface area contributed by atoms with Gasteiger partial charge in [0.05, 0.1) is 0 Å². The highest BCUT2D eigenvalue weighted by Gasteiger charge is 2.18. The first-order valence-corrected chi connectivity index (χ1v) is 10.4. The van der Waals surface area contributed by atoms with Crippen LogP contribution in [0, 0.1) is 13.8 Å². The molecule has 0 spiro atoms. The van der Waals surface area contributed by atoms with E-state index in [1.54, 1.807) is 11.8 Å². The van der Waals surface area contributed by atoms with Crippen molar-refractivity contribution in [2.24, 2.45) is 0 Å². The predicted molar refractivity (Wildman–Crippen MR) is 111 cm³/mol. The number of halogens is 1. The molecule has 1 N–H and O–H groups in total. The Labute approximate surface area is 165 Å². The molecule has 0 saturated carbocycles. The maximum absolute atomic E-state index is 12.4. The van der Waals surface area contributed by atoms with Gasteiger partial charge in [-0.1, -0.05) is 42.8 Å². The second-order valence-electron chi connectivity index (χ2n) is 6.25. The highest BCUT2D eigenvalue weighted by molar-refractivity contribution is 7.98. The van der Waals surface area contributed by atoms with Crippen LogP contribution in [0.3, 0.4) is 0 Å². The fourth-order valence-electron chi connectivity index (χ4n) is 2.44. The third kappa shape index (κ3) is 6.58. The summed E-state index contributed by atoms with van der Waals surface area (Å²) in [5.74, 6) is 2.49. The smallest absolute Gasteiger partial charge is 0.261 e. The maximum Gasteiger partial charge on any atom is 0.261 e. The van der Waals surface area contributed by atoms with Crippen LogP contribution >= 0.6 is 23.4 Å². The SMILES string of the molecule is CCC(Oc1cc(C)ccc1C)C(=O)NCCSCc1ccc(Cl)cc1. The van der Waals surface area contributed by atoms with Crippen molar-refractivity contribution in [3.05, 3.63) is 64.2 Å². The largest absolute Gasteiger partial charge is 0.480 e. The quantitative estimate of drug-likeness (QED) is 0.599. The van der Waals surface area contributed by atoms with Gasteiger partial charge >= 0.3 is 0 Å². The van der Waals surface area contributed by atoms with E-state index in [2.05, 4.69) is 5.32 Å². The van der Waals surface area contributed by atoms with Crippen LogP contribution < -0.4 is 10.1 Å². The van der Waals surface area contributed by atoms with Crippen LogP contribution in [-0.2, 0) is 10.5 Å². The summed E-state index contributed by atoms with van der Waals surface area (Å²) in [4.78, 5) is 12.4. The zero-order chi connectivity index (χ0) is 18.9. The molecule has 0 aromatic heterocycles. The normalized spacial score (nSPS) is 11.8. The predicted octanol–water partition coefficient (Wildman–Crippen LogP) is 5.16. The highest BCUT2D eigenvalue weighted by Crippen LogP contribution is 2.21. The number of carbonyl (C=O) groups excluding carboxylic acids is 1. The van der Waals surface area contributed by atoms with E-state index in [4.69, 9.17) is 16.3 Å². The third-order valence-corrected chi connectivity index (χ3v) is 5.29. The second-order valence-corrected chi connectivity index (χ2v) is 7.80. The first-order valence-electron chi connectivity index (χ1n) is 8.83. The van der Waals surface area contributed by atoms with Crippen LogP contribution in [0.2, 0.25) is 5.02 Å². The number of benzene rings is 2. The fourth-order valence-corrected chi connectivity index (χ4v) is 3.39. The van der Waals surface area contributed by atoms with Crippen LogP contribution in [0.5, 0.6) is 5.75 Å². The van der Waals surface area contributed by atoms with Gasteiger partial charge in [0.2, 0.25) is 0 Å². The monoisotopic (exact) mass is 391 g/mol. The molecule has 1 atom stereocenters. The molecule has 0 saturated heterocycles. The molecule has 2 rings (SSSR count). The third-order valence-electron chi connectivity index (χ3n) is 4.00. The van der Waals surface area contributed by atoms with Gasteiger partial charge in [0, 0.05) is 23.1 Å². The van der Waals surface area contributed by atoms with Crippen molar-refractivity contribution in [2.75, 3.05) is 12.3 Å². The molecule has 0 heterocycles. The topological polar surface area (TPSA) is 38.3 Å². The summed E-state index contributed by atoms with van der Waals surface area (Å²) < 4.78 is 5.94. The highest BCUT2D eigenvalue weighted by atomic mass is 35.5. The van der Waals surface area contributed by atoms with E-state index < -0.39 is 6.10 Å². The van der Waals surface area contributed by atoms with Gasteiger partial charge in [-0.15, -0.1) is 0 Å². The van der Waals surface area contributed by atoms with Crippen molar-refractivity contribution in [1.82, 2.24) is 5.32 Å². The molecular formula is C21H26ClNO2S. The summed E-state index contributed by atoms with van der Waals surface area (Å²) in [5.41, 5.74) is 3.40. The molecule has 140 valence electrons. The van der Waals surface area contributed by atoms with Crippen molar-refractivity contribution >= 4 is 29.3 Å². The molecule has 0 radical (unpaired) electrons. The van der Waals surface area contributed by atoms with Crippen molar-refractivity contribution < 1.29 is 9.53 Å². The van der Waals surface area contributed by atoms with Gasteiger partial charge in [-0.25, -0.2) is 0 Å². The first-order chi connectivity index (χ1) is 12.5. The number of ether oxygens (including phenoxy) is 1. The van der Waals surface area contributed by atoms with E-state index >= 15 is 0 Å². The Bertz CT molecular complexity index is 718. The zero-order valence-electron chi connectivity index (χ0n) is 15.5. The van der Waals surface area contributed by atoms with Gasteiger partial charge < -0.3 is 10.1 Å². The summed E-state index contributed by atoms with van der Waals surface area (Å²) in [7, 11) is 0. The van der Waals surface area contributed by atoms with Crippen molar-refractivity contribution in [2.45, 2.75) is 39.0 Å². The summed E-state index contributed by atoms with van der Waals surface area (Å²) in [6.07, 6.45) is 0.175. The summed E-state index contributed by atoms with van der Waals surface area (Å²) in [6, 6.07) is 13.9. The minimum atomic E-state index is -0.461. The van der Waals surface area contributed by atoms with Crippen LogP contribution in [-0.4, -0.2) is 24.3 Å². The Morgan fingerprint density at radius 1 is 1.19 bits per heavy atom. The zero-order valence-corrected chi connectivity index (χ0v) is 17.1. The summed E-state index contributed by atoms with van der Waals surface area (Å²) in [5, 5.41) is 3.73. The minimum Gasteiger partial charge on any atom is -0.480 e.